The second-order valence-electron chi connectivity index (χ2n) is 4.07. The van der Waals surface area contributed by atoms with E-state index in [4.69, 9.17) is 10.8 Å². The van der Waals surface area contributed by atoms with E-state index in [0.717, 1.165) is 12.1 Å². The van der Waals surface area contributed by atoms with Crippen molar-refractivity contribution in [1.29, 1.82) is 0 Å². The molecule has 2 rings (SSSR count). The average Bonchev–Trinajstić information content (AvgIpc) is 2.41. The highest BCUT2D eigenvalue weighted by atomic mass is 19.1. The van der Waals surface area contributed by atoms with Crippen LogP contribution in [0.3, 0.4) is 0 Å². The first-order valence-electron chi connectivity index (χ1n) is 5.67. The van der Waals surface area contributed by atoms with Crippen molar-refractivity contribution in [3.8, 4) is 0 Å². The monoisotopic (exact) mass is 274 g/mol. The lowest BCUT2D eigenvalue weighted by Crippen LogP contribution is -2.15. The highest BCUT2D eigenvalue weighted by molar-refractivity contribution is 6.07. The van der Waals surface area contributed by atoms with Gasteiger partial charge in [-0.25, -0.2) is 9.18 Å². The Morgan fingerprint density at radius 2 is 1.75 bits per heavy atom. The number of halogens is 1. The third-order valence-corrected chi connectivity index (χ3v) is 2.63. The first kappa shape index (κ1) is 13.5. The van der Waals surface area contributed by atoms with Gasteiger partial charge in [-0.2, -0.15) is 0 Å². The minimum Gasteiger partial charge on any atom is -0.478 e. The van der Waals surface area contributed by atoms with Crippen LogP contribution in [0.5, 0.6) is 0 Å². The van der Waals surface area contributed by atoms with Gasteiger partial charge in [0.1, 0.15) is 5.82 Å². The fourth-order valence-electron chi connectivity index (χ4n) is 1.63. The minimum atomic E-state index is -1.32. The van der Waals surface area contributed by atoms with Crippen LogP contribution in [0.2, 0.25) is 0 Å². The second-order valence-corrected chi connectivity index (χ2v) is 4.07. The summed E-state index contributed by atoms with van der Waals surface area (Å²) in [6.45, 7) is 0. The van der Waals surface area contributed by atoms with Crippen LogP contribution in [-0.2, 0) is 0 Å². The Kier molecular flexibility index (Phi) is 3.65. The van der Waals surface area contributed by atoms with Crippen molar-refractivity contribution in [2.24, 2.45) is 0 Å². The van der Waals surface area contributed by atoms with E-state index in [1.54, 1.807) is 12.1 Å². The Morgan fingerprint density at radius 1 is 1.10 bits per heavy atom. The number of carbonyl (C=O) groups excluding carboxylic acids is 1. The van der Waals surface area contributed by atoms with Crippen LogP contribution in [0.1, 0.15) is 20.7 Å². The molecule has 0 fully saturated rings. The van der Waals surface area contributed by atoms with Gasteiger partial charge < -0.3 is 16.2 Å². The Morgan fingerprint density at radius 3 is 2.35 bits per heavy atom. The van der Waals surface area contributed by atoms with Crippen molar-refractivity contribution in [3.63, 3.8) is 0 Å². The summed E-state index contributed by atoms with van der Waals surface area (Å²) in [7, 11) is 0. The number of carbonyl (C=O) groups is 2. The van der Waals surface area contributed by atoms with E-state index in [0.29, 0.717) is 11.3 Å². The minimum absolute atomic E-state index is 0.0284. The molecule has 6 heteroatoms. The lowest BCUT2D eigenvalue weighted by atomic mass is 10.1. The first-order chi connectivity index (χ1) is 9.47. The Balaban J connectivity index is 2.28. The van der Waals surface area contributed by atoms with Crippen LogP contribution in [0.25, 0.3) is 0 Å². The van der Waals surface area contributed by atoms with Gasteiger partial charge in [0.05, 0.1) is 11.3 Å². The highest BCUT2D eigenvalue weighted by Crippen LogP contribution is 2.18. The molecule has 20 heavy (non-hydrogen) atoms. The zero-order valence-corrected chi connectivity index (χ0v) is 10.3. The maximum Gasteiger partial charge on any atom is 0.337 e. The van der Waals surface area contributed by atoms with Crippen molar-refractivity contribution < 1.29 is 19.1 Å². The van der Waals surface area contributed by atoms with E-state index in [1.165, 1.54) is 18.2 Å². The largest absolute Gasteiger partial charge is 0.478 e. The number of anilines is 2. The summed E-state index contributed by atoms with van der Waals surface area (Å²) < 4.78 is 13.0. The maximum absolute atomic E-state index is 13.0. The van der Waals surface area contributed by atoms with Crippen LogP contribution >= 0.6 is 0 Å². The predicted octanol–water partition coefficient (Wildman–Crippen LogP) is 2.36. The first-order valence-corrected chi connectivity index (χ1v) is 5.67. The summed E-state index contributed by atoms with van der Waals surface area (Å²) in [5.74, 6) is -2.51. The molecule has 0 aliphatic rings. The van der Waals surface area contributed by atoms with Gasteiger partial charge in [0.15, 0.2) is 0 Å². The summed E-state index contributed by atoms with van der Waals surface area (Å²) in [6.07, 6.45) is 0. The highest BCUT2D eigenvalue weighted by Gasteiger charge is 2.14. The summed E-state index contributed by atoms with van der Waals surface area (Å²) in [6, 6.07) is 9.25. The molecule has 0 aliphatic carbocycles. The van der Waals surface area contributed by atoms with E-state index < -0.39 is 17.7 Å². The quantitative estimate of drug-likeness (QED) is 0.749. The molecule has 102 valence electrons. The van der Waals surface area contributed by atoms with Gasteiger partial charge in [-0.3, -0.25) is 4.79 Å². The molecule has 0 heterocycles. The van der Waals surface area contributed by atoms with Gasteiger partial charge >= 0.3 is 5.97 Å². The zero-order chi connectivity index (χ0) is 14.7. The number of hydrogen-bond acceptors (Lipinski definition) is 3. The van der Waals surface area contributed by atoms with Gasteiger partial charge in [0.2, 0.25) is 0 Å². The average molecular weight is 274 g/mol. The molecule has 0 saturated heterocycles. The number of aromatic carboxylic acids is 1. The molecular weight excluding hydrogens is 263 g/mol. The second kappa shape index (κ2) is 5.40. The SMILES string of the molecule is Nc1ccc(C(=O)Nc2ccc(F)cc2C(=O)O)cc1. The molecule has 0 bridgehead atoms. The third-order valence-electron chi connectivity index (χ3n) is 2.63. The topological polar surface area (TPSA) is 92.4 Å². The van der Waals surface area contributed by atoms with Gasteiger partial charge in [0.25, 0.3) is 5.91 Å². The summed E-state index contributed by atoms with van der Waals surface area (Å²) in [4.78, 5) is 22.9. The number of nitrogens with one attached hydrogen (secondary N) is 1. The Hall–Kier alpha value is -2.89. The molecule has 0 aromatic heterocycles. The molecule has 2 aromatic rings. The molecule has 0 atom stereocenters. The molecule has 0 radical (unpaired) electrons. The van der Waals surface area contributed by atoms with Crippen LogP contribution in [0, 0.1) is 5.82 Å². The van der Waals surface area contributed by atoms with Gasteiger partial charge in [-0.15, -0.1) is 0 Å². The van der Waals surface area contributed by atoms with Crippen molar-refractivity contribution in [3.05, 3.63) is 59.4 Å². The molecule has 1 amide bonds. The van der Waals surface area contributed by atoms with Crippen LogP contribution in [-0.4, -0.2) is 17.0 Å². The van der Waals surface area contributed by atoms with Crippen molar-refractivity contribution in [2.75, 3.05) is 11.1 Å². The summed E-state index contributed by atoms with van der Waals surface area (Å²) >= 11 is 0. The number of nitrogen functional groups attached to an aromatic ring is 1. The maximum atomic E-state index is 13.0. The lowest BCUT2D eigenvalue weighted by Gasteiger charge is -2.08. The lowest BCUT2D eigenvalue weighted by molar-refractivity contribution is 0.0697. The Labute approximate surface area is 113 Å². The van der Waals surface area contributed by atoms with Crippen LogP contribution < -0.4 is 11.1 Å². The number of nitrogens with two attached hydrogens (primary N) is 1. The van der Waals surface area contributed by atoms with Gasteiger partial charge in [-0.1, -0.05) is 0 Å². The number of benzene rings is 2. The van der Waals surface area contributed by atoms with E-state index in [-0.39, 0.29) is 11.3 Å². The van der Waals surface area contributed by atoms with Crippen molar-refractivity contribution >= 4 is 23.3 Å². The predicted molar refractivity (Wildman–Crippen MR) is 72.2 cm³/mol. The van der Waals surface area contributed by atoms with Gasteiger partial charge in [-0.05, 0) is 42.5 Å². The fraction of sp³-hybridized carbons (Fsp3) is 0. The van der Waals surface area contributed by atoms with Crippen LogP contribution in [0.4, 0.5) is 15.8 Å². The number of amides is 1. The molecule has 0 spiro atoms. The molecule has 5 nitrogen and oxygen atoms in total. The molecule has 4 N–H and O–H groups in total. The van der Waals surface area contributed by atoms with E-state index in [9.17, 15) is 14.0 Å². The van der Waals surface area contributed by atoms with Gasteiger partial charge in [0, 0.05) is 11.3 Å². The number of carboxylic acid groups (broad SMARTS) is 1. The van der Waals surface area contributed by atoms with Crippen LogP contribution in [0.15, 0.2) is 42.5 Å². The molecule has 0 aliphatic heterocycles. The Bertz CT molecular complexity index is 669. The number of carboxylic acids is 1. The van der Waals surface area contributed by atoms with E-state index in [2.05, 4.69) is 5.32 Å². The molecular formula is C14H11FN2O3. The molecule has 0 unspecified atom stereocenters. The van der Waals surface area contributed by atoms with E-state index in [1.807, 2.05) is 0 Å². The standard InChI is InChI=1S/C14H11FN2O3/c15-9-3-6-12(11(7-9)14(19)20)17-13(18)8-1-4-10(16)5-2-8/h1-7H,16H2,(H,17,18)(H,19,20). The molecule has 2 aromatic carbocycles. The zero-order valence-electron chi connectivity index (χ0n) is 10.3. The van der Waals surface area contributed by atoms with Crippen molar-refractivity contribution in [2.45, 2.75) is 0 Å². The normalized spacial score (nSPS) is 10.1. The summed E-state index contributed by atoms with van der Waals surface area (Å²) in [5, 5.41) is 11.4. The third kappa shape index (κ3) is 2.92. The number of hydrogen-bond donors (Lipinski definition) is 3. The van der Waals surface area contributed by atoms with E-state index >= 15 is 0 Å². The fourth-order valence-corrected chi connectivity index (χ4v) is 1.63. The number of rotatable bonds is 3. The summed E-state index contributed by atoms with van der Waals surface area (Å²) in [5.41, 5.74) is 6.05. The smallest absolute Gasteiger partial charge is 0.337 e. The van der Waals surface area contributed by atoms with Crippen molar-refractivity contribution in [1.82, 2.24) is 0 Å². The molecule has 0 saturated carbocycles.